The van der Waals surface area contributed by atoms with Crippen LogP contribution in [0.5, 0.6) is 0 Å². The number of hydrogen-bond donors (Lipinski definition) is 0. The van der Waals surface area contributed by atoms with E-state index >= 15 is 0 Å². The molecule has 0 saturated carbocycles. The zero-order valence-electron chi connectivity index (χ0n) is 14.8. The van der Waals surface area contributed by atoms with Crippen molar-refractivity contribution in [2.75, 3.05) is 25.5 Å². The van der Waals surface area contributed by atoms with Gasteiger partial charge in [0.15, 0.2) is 5.82 Å². The van der Waals surface area contributed by atoms with Crippen LogP contribution in [0.3, 0.4) is 0 Å². The molecule has 0 N–H and O–H groups in total. The average Bonchev–Trinajstić information content (AvgIpc) is 3.37. The highest BCUT2D eigenvalue weighted by Gasteiger charge is 2.34. The van der Waals surface area contributed by atoms with Crippen LogP contribution in [0, 0.1) is 0 Å². The lowest BCUT2D eigenvalue weighted by Crippen LogP contribution is -2.24. The molecule has 4 rings (SSSR count). The maximum Gasteiger partial charge on any atom is 0.257 e. The summed E-state index contributed by atoms with van der Waals surface area (Å²) in [5, 5.41) is 4.10. The van der Waals surface area contributed by atoms with E-state index in [0.29, 0.717) is 31.2 Å². The van der Waals surface area contributed by atoms with E-state index < -0.39 is 0 Å². The molecule has 7 nitrogen and oxygen atoms in total. The van der Waals surface area contributed by atoms with Crippen molar-refractivity contribution in [3.8, 4) is 11.5 Å². The highest BCUT2D eigenvalue weighted by molar-refractivity contribution is 5.79. The van der Waals surface area contributed by atoms with E-state index in [1.807, 2.05) is 55.4 Å². The van der Waals surface area contributed by atoms with Gasteiger partial charge in [-0.2, -0.15) is 4.98 Å². The van der Waals surface area contributed by atoms with Crippen LogP contribution in [-0.2, 0) is 11.3 Å². The van der Waals surface area contributed by atoms with Crippen LogP contribution in [0.2, 0.25) is 0 Å². The number of likely N-dealkylation sites (tertiary alicyclic amines) is 1. The van der Waals surface area contributed by atoms with E-state index in [2.05, 4.69) is 10.1 Å². The summed E-state index contributed by atoms with van der Waals surface area (Å²) in [6, 6.07) is 11.6. The predicted octanol–water partition coefficient (Wildman–Crippen LogP) is 2.91. The van der Waals surface area contributed by atoms with Crippen LogP contribution in [0.4, 0.5) is 5.69 Å². The van der Waals surface area contributed by atoms with E-state index in [-0.39, 0.29) is 11.8 Å². The Hall–Kier alpha value is -3.09. The molecule has 1 atom stereocenters. The van der Waals surface area contributed by atoms with Gasteiger partial charge in [-0.25, -0.2) is 0 Å². The Morgan fingerprint density at radius 1 is 1.23 bits per heavy atom. The van der Waals surface area contributed by atoms with Gasteiger partial charge in [-0.15, -0.1) is 0 Å². The molecular weight excluding hydrogens is 332 g/mol. The lowest BCUT2D eigenvalue weighted by molar-refractivity contribution is -0.128. The number of carbonyl (C=O) groups excluding carboxylic acids is 1. The second-order valence-corrected chi connectivity index (χ2v) is 6.65. The molecule has 1 aliphatic heterocycles. The summed E-state index contributed by atoms with van der Waals surface area (Å²) in [7, 11) is 3.98. The summed E-state index contributed by atoms with van der Waals surface area (Å²) < 4.78 is 10.7. The Morgan fingerprint density at radius 3 is 2.73 bits per heavy atom. The van der Waals surface area contributed by atoms with Gasteiger partial charge in [0.2, 0.25) is 5.91 Å². The number of hydrogen-bond acceptors (Lipinski definition) is 6. The maximum atomic E-state index is 12.3. The predicted molar refractivity (Wildman–Crippen MR) is 95.5 cm³/mol. The van der Waals surface area contributed by atoms with Gasteiger partial charge in [0.05, 0.1) is 12.8 Å². The molecule has 134 valence electrons. The number of aromatic nitrogens is 2. The van der Waals surface area contributed by atoms with Crippen molar-refractivity contribution < 1.29 is 13.7 Å². The Kier molecular flexibility index (Phi) is 4.20. The van der Waals surface area contributed by atoms with E-state index in [9.17, 15) is 4.79 Å². The van der Waals surface area contributed by atoms with Crippen molar-refractivity contribution in [1.29, 1.82) is 0 Å². The molecule has 1 saturated heterocycles. The number of carbonyl (C=O) groups is 1. The first-order valence-corrected chi connectivity index (χ1v) is 8.51. The summed E-state index contributed by atoms with van der Waals surface area (Å²) in [6.45, 7) is 1.04. The Balaban J connectivity index is 1.47. The van der Waals surface area contributed by atoms with Gasteiger partial charge >= 0.3 is 0 Å². The SMILES string of the molecule is CN(C)c1ccc(-c2nc(C3CC(=O)N(Cc4ccco4)C3)no2)cc1. The molecule has 1 amide bonds. The minimum absolute atomic E-state index is 0.0592. The van der Waals surface area contributed by atoms with E-state index in [1.165, 1.54) is 0 Å². The van der Waals surface area contributed by atoms with E-state index in [1.54, 1.807) is 11.2 Å². The molecular formula is C19H20N4O3. The highest BCUT2D eigenvalue weighted by atomic mass is 16.5. The fourth-order valence-corrected chi connectivity index (χ4v) is 3.11. The number of rotatable bonds is 5. The molecule has 1 aromatic carbocycles. The van der Waals surface area contributed by atoms with Crippen molar-refractivity contribution in [2.24, 2.45) is 0 Å². The number of amides is 1. The van der Waals surface area contributed by atoms with Gasteiger partial charge in [-0.05, 0) is 36.4 Å². The Bertz CT molecular complexity index is 884. The highest BCUT2D eigenvalue weighted by Crippen LogP contribution is 2.29. The van der Waals surface area contributed by atoms with Gasteiger partial charge in [0.1, 0.15) is 5.76 Å². The van der Waals surface area contributed by atoms with Crippen LogP contribution >= 0.6 is 0 Å². The lowest BCUT2D eigenvalue weighted by atomic mass is 10.1. The average molecular weight is 352 g/mol. The molecule has 1 unspecified atom stereocenters. The second-order valence-electron chi connectivity index (χ2n) is 6.65. The smallest absolute Gasteiger partial charge is 0.257 e. The molecule has 26 heavy (non-hydrogen) atoms. The zero-order chi connectivity index (χ0) is 18.1. The fourth-order valence-electron chi connectivity index (χ4n) is 3.11. The fraction of sp³-hybridized carbons (Fsp3) is 0.316. The third-order valence-corrected chi connectivity index (χ3v) is 4.58. The lowest BCUT2D eigenvalue weighted by Gasteiger charge is -2.13. The molecule has 0 spiro atoms. The van der Waals surface area contributed by atoms with Crippen molar-refractivity contribution in [3.63, 3.8) is 0 Å². The summed E-state index contributed by atoms with van der Waals surface area (Å²) in [4.78, 5) is 20.6. The topological polar surface area (TPSA) is 75.6 Å². The first kappa shape index (κ1) is 16.4. The van der Waals surface area contributed by atoms with Crippen molar-refractivity contribution in [2.45, 2.75) is 18.9 Å². The number of anilines is 1. The molecule has 3 heterocycles. The van der Waals surface area contributed by atoms with Gasteiger partial charge in [0.25, 0.3) is 5.89 Å². The monoisotopic (exact) mass is 352 g/mol. The Labute approximate surface area is 151 Å². The third-order valence-electron chi connectivity index (χ3n) is 4.58. The maximum absolute atomic E-state index is 12.3. The summed E-state index contributed by atoms with van der Waals surface area (Å²) >= 11 is 0. The number of furan rings is 1. The largest absolute Gasteiger partial charge is 0.467 e. The molecule has 0 aliphatic carbocycles. The van der Waals surface area contributed by atoms with Crippen LogP contribution in [0.1, 0.15) is 23.9 Å². The molecule has 1 aliphatic rings. The molecule has 0 radical (unpaired) electrons. The van der Waals surface area contributed by atoms with E-state index in [0.717, 1.165) is 17.0 Å². The zero-order valence-corrected chi connectivity index (χ0v) is 14.8. The molecule has 7 heteroatoms. The molecule has 2 aromatic heterocycles. The summed E-state index contributed by atoms with van der Waals surface area (Å²) in [5.41, 5.74) is 1.97. The normalized spacial score (nSPS) is 17.1. The van der Waals surface area contributed by atoms with Gasteiger partial charge in [-0.3, -0.25) is 4.79 Å². The minimum atomic E-state index is -0.0592. The van der Waals surface area contributed by atoms with Gasteiger partial charge in [-0.1, -0.05) is 5.16 Å². The summed E-state index contributed by atoms with van der Waals surface area (Å²) in [5.74, 6) is 1.84. The van der Waals surface area contributed by atoms with Crippen molar-refractivity contribution in [1.82, 2.24) is 15.0 Å². The van der Waals surface area contributed by atoms with Crippen LogP contribution in [0.15, 0.2) is 51.6 Å². The first-order valence-electron chi connectivity index (χ1n) is 8.51. The van der Waals surface area contributed by atoms with Gasteiger partial charge in [0, 0.05) is 44.2 Å². The number of benzene rings is 1. The second kappa shape index (κ2) is 6.67. The molecule has 0 bridgehead atoms. The van der Waals surface area contributed by atoms with Crippen LogP contribution < -0.4 is 4.90 Å². The van der Waals surface area contributed by atoms with Crippen molar-refractivity contribution in [3.05, 3.63) is 54.2 Å². The number of nitrogens with zero attached hydrogens (tertiary/aromatic N) is 4. The van der Waals surface area contributed by atoms with Crippen LogP contribution in [0.25, 0.3) is 11.5 Å². The van der Waals surface area contributed by atoms with E-state index in [4.69, 9.17) is 8.94 Å². The van der Waals surface area contributed by atoms with Gasteiger partial charge < -0.3 is 18.7 Å². The Morgan fingerprint density at radius 2 is 2.04 bits per heavy atom. The molecule has 1 fully saturated rings. The van der Waals surface area contributed by atoms with Crippen LogP contribution in [-0.4, -0.2) is 41.6 Å². The minimum Gasteiger partial charge on any atom is -0.467 e. The molecule has 3 aromatic rings. The third kappa shape index (κ3) is 3.20. The summed E-state index contributed by atoms with van der Waals surface area (Å²) in [6.07, 6.45) is 2.00. The van der Waals surface area contributed by atoms with Crippen molar-refractivity contribution >= 4 is 11.6 Å². The standard InChI is InChI=1S/C19H20N4O3/c1-22(2)15-7-5-13(6-8-15)19-20-18(21-26-19)14-10-17(24)23(11-14)12-16-4-3-9-25-16/h3-9,14H,10-12H2,1-2H3. The quantitative estimate of drug-likeness (QED) is 0.703. The first-order chi connectivity index (χ1) is 12.6.